The highest BCUT2D eigenvalue weighted by Crippen LogP contribution is 2.28. The highest BCUT2D eigenvalue weighted by atomic mass is 16.6. The molecule has 0 aromatic rings. The van der Waals surface area contributed by atoms with Crippen molar-refractivity contribution in [1.29, 1.82) is 0 Å². The van der Waals surface area contributed by atoms with Crippen LogP contribution in [0.5, 0.6) is 0 Å². The number of ether oxygens (including phenoxy) is 1. The Kier molecular flexibility index (Phi) is 5.17. The van der Waals surface area contributed by atoms with Crippen molar-refractivity contribution < 1.29 is 14.6 Å². The first-order valence-corrected chi connectivity index (χ1v) is 6.88. The van der Waals surface area contributed by atoms with Gasteiger partial charge in [-0.3, -0.25) is 4.79 Å². The van der Waals surface area contributed by atoms with Crippen molar-refractivity contribution in [2.75, 3.05) is 6.54 Å². The Balaban J connectivity index is 2.25. The van der Waals surface area contributed by atoms with Gasteiger partial charge in [0.05, 0.1) is 12.0 Å². The summed E-state index contributed by atoms with van der Waals surface area (Å²) in [4.78, 5) is 11.6. The maximum atomic E-state index is 11.6. The standard InChI is InChI=1S/C14H27NO3/c1-11(9-12(16)18-13(2,3)4)15-10-14(17)7-5-6-8-14/h11,15,17H,5-10H2,1-4H3. The zero-order chi connectivity index (χ0) is 13.8. The molecule has 0 amide bonds. The van der Waals surface area contributed by atoms with Crippen LogP contribution in [0, 0.1) is 0 Å². The van der Waals surface area contributed by atoms with Crippen LogP contribution in [0.15, 0.2) is 0 Å². The van der Waals surface area contributed by atoms with E-state index in [-0.39, 0.29) is 12.0 Å². The quantitative estimate of drug-likeness (QED) is 0.740. The number of hydrogen-bond acceptors (Lipinski definition) is 4. The average Bonchev–Trinajstić information content (AvgIpc) is 2.60. The Bertz CT molecular complexity index is 277. The summed E-state index contributed by atoms with van der Waals surface area (Å²) in [7, 11) is 0. The fraction of sp³-hybridized carbons (Fsp3) is 0.929. The van der Waals surface area contributed by atoms with Gasteiger partial charge in [-0.2, -0.15) is 0 Å². The van der Waals surface area contributed by atoms with Crippen molar-refractivity contribution in [3.63, 3.8) is 0 Å². The normalized spacial score (nSPS) is 20.7. The smallest absolute Gasteiger partial charge is 0.307 e. The van der Waals surface area contributed by atoms with Gasteiger partial charge >= 0.3 is 5.97 Å². The summed E-state index contributed by atoms with van der Waals surface area (Å²) in [5.41, 5.74) is -0.997. The molecule has 2 N–H and O–H groups in total. The molecule has 0 saturated heterocycles. The van der Waals surface area contributed by atoms with Crippen LogP contribution in [0.25, 0.3) is 0 Å². The van der Waals surface area contributed by atoms with Crippen molar-refractivity contribution in [2.45, 2.75) is 77.0 Å². The fourth-order valence-electron chi connectivity index (χ4n) is 2.28. The number of rotatable bonds is 5. The summed E-state index contributed by atoms with van der Waals surface area (Å²) in [5.74, 6) is -0.194. The molecule has 0 radical (unpaired) electrons. The first-order valence-electron chi connectivity index (χ1n) is 6.88. The SMILES string of the molecule is CC(CC(=O)OC(C)(C)C)NCC1(O)CCCC1. The maximum absolute atomic E-state index is 11.6. The molecule has 18 heavy (non-hydrogen) atoms. The summed E-state index contributed by atoms with van der Waals surface area (Å²) >= 11 is 0. The third-order valence-corrected chi connectivity index (χ3v) is 3.21. The molecule has 0 bridgehead atoms. The first kappa shape index (κ1) is 15.4. The van der Waals surface area contributed by atoms with Gasteiger partial charge in [0, 0.05) is 12.6 Å². The van der Waals surface area contributed by atoms with Gasteiger partial charge in [-0.05, 0) is 40.5 Å². The topological polar surface area (TPSA) is 58.6 Å². The van der Waals surface area contributed by atoms with E-state index in [1.165, 1.54) is 0 Å². The van der Waals surface area contributed by atoms with Gasteiger partial charge in [0.15, 0.2) is 0 Å². The molecule has 0 spiro atoms. The van der Waals surface area contributed by atoms with Crippen LogP contribution in [0.3, 0.4) is 0 Å². The van der Waals surface area contributed by atoms with Crippen LogP contribution in [0.1, 0.15) is 59.8 Å². The predicted molar refractivity (Wildman–Crippen MR) is 71.3 cm³/mol. The van der Waals surface area contributed by atoms with E-state index < -0.39 is 11.2 Å². The third kappa shape index (κ3) is 5.83. The molecule has 0 aromatic carbocycles. The lowest BCUT2D eigenvalue weighted by Gasteiger charge is -2.26. The number of carbonyl (C=O) groups is 1. The Labute approximate surface area is 110 Å². The van der Waals surface area contributed by atoms with Gasteiger partial charge in [0.25, 0.3) is 0 Å². The van der Waals surface area contributed by atoms with E-state index in [0.29, 0.717) is 13.0 Å². The number of nitrogens with one attached hydrogen (secondary N) is 1. The molecular weight excluding hydrogens is 230 g/mol. The van der Waals surface area contributed by atoms with Gasteiger partial charge < -0.3 is 15.2 Å². The van der Waals surface area contributed by atoms with Crippen LogP contribution in [0.4, 0.5) is 0 Å². The Morgan fingerprint density at radius 3 is 2.44 bits per heavy atom. The van der Waals surface area contributed by atoms with Crippen molar-refractivity contribution in [3.05, 3.63) is 0 Å². The monoisotopic (exact) mass is 257 g/mol. The molecule has 1 fully saturated rings. The molecule has 106 valence electrons. The highest BCUT2D eigenvalue weighted by Gasteiger charge is 2.31. The second-order valence-corrected chi connectivity index (χ2v) is 6.50. The molecule has 4 nitrogen and oxygen atoms in total. The lowest BCUT2D eigenvalue weighted by atomic mass is 10.0. The van der Waals surface area contributed by atoms with Gasteiger partial charge in [-0.25, -0.2) is 0 Å². The lowest BCUT2D eigenvalue weighted by Crippen LogP contribution is -2.42. The predicted octanol–water partition coefficient (Wildman–Crippen LogP) is 2.00. The lowest BCUT2D eigenvalue weighted by molar-refractivity contribution is -0.155. The zero-order valence-electron chi connectivity index (χ0n) is 12.1. The molecule has 1 aliphatic carbocycles. The number of aliphatic hydroxyl groups is 1. The molecule has 1 atom stereocenters. The first-order chi connectivity index (χ1) is 8.20. The van der Waals surface area contributed by atoms with Crippen LogP contribution in [0.2, 0.25) is 0 Å². The van der Waals surface area contributed by atoms with Gasteiger partial charge in [-0.1, -0.05) is 12.8 Å². The minimum Gasteiger partial charge on any atom is -0.460 e. The molecule has 4 heteroatoms. The largest absolute Gasteiger partial charge is 0.460 e. The minimum absolute atomic E-state index is 0.0319. The average molecular weight is 257 g/mol. The molecular formula is C14H27NO3. The van der Waals surface area contributed by atoms with Crippen molar-refractivity contribution in [1.82, 2.24) is 5.32 Å². The Morgan fingerprint density at radius 1 is 1.39 bits per heavy atom. The van der Waals surface area contributed by atoms with E-state index in [4.69, 9.17) is 4.74 Å². The number of hydrogen-bond donors (Lipinski definition) is 2. The van der Waals surface area contributed by atoms with E-state index in [1.807, 2.05) is 27.7 Å². The third-order valence-electron chi connectivity index (χ3n) is 3.21. The van der Waals surface area contributed by atoms with E-state index in [0.717, 1.165) is 25.7 Å². The summed E-state index contributed by atoms with van der Waals surface area (Å²) < 4.78 is 5.26. The molecule has 1 saturated carbocycles. The van der Waals surface area contributed by atoms with Crippen LogP contribution >= 0.6 is 0 Å². The Morgan fingerprint density at radius 2 is 1.94 bits per heavy atom. The highest BCUT2D eigenvalue weighted by molar-refractivity contribution is 5.70. The van der Waals surface area contributed by atoms with Crippen molar-refractivity contribution in [3.8, 4) is 0 Å². The van der Waals surface area contributed by atoms with E-state index >= 15 is 0 Å². The van der Waals surface area contributed by atoms with Crippen LogP contribution < -0.4 is 5.32 Å². The molecule has 0 heterocycles. The molecule has 0 aliphatic heterocycles. The molecule has 0 aromatic heterocycles. The Hall–Kier alpha value is -0.610. The van der Waals surface area contributed by atoms with Gasteiger partial charge in [0.1, 0.15) is 5.60 Å². The molecule has 1 aliphatic rings. The fourth-order valence-corrected chi connectivity index (χ4v) is 2.28. The van der Waals surface area contributed by atoms with Crippen molar-refractivity contribution in [2.24, 2.45) is 0 Å². The maximum Gasteiger partial charge on any atom is 0.307 e. The van der Waals surface area contributed by atoms with E-state index in [9.17, 15) is 9.90 Å². The second-order valence-electron chi connectivity index (χ2n) is 6.50. The van der Waals surface area contributed by atoms with Gasteiger partial charge in [0.2, 0.25) is 0 Å². The summed E-state index contributed by atoms with van der Waals surface area (Å²) in [5, 5.41) is 13.4. The summed E-state index contributed by atoms with van der Waals surface area (Å²) in [6.45, 7) is 8.11. The summed E-state index contributed by atoms with van der Waals surface area (Å²) in [6.07, 6.45) is 4.25. The van der Waals surface area contributed by atoms with Gasteiger partial charge in [-0.15, -0.1) is 0 Å². The van der Waals surface area contributed by atoms with E-state index in [2.05, 4.69) is 5.32 Å². The molecule has 1 rings (SSSR count). The summed E-state index contributed by atoms with van der Waals surface area (Å²) in [6, 6.07) is 0.0319. The minimum atomic E-state index is -0.567. The number of carbonyl (C=O) groups excluding carboxylic acids is 1. The van der Waals surface area contributed by atoms with Crippen LogP contribution in [-0.2, 0) is 9.53 Å². The molecule has 1 unspecified atom stereocenters. The van der Waals surface area contributed by atoms with Crippen molar-refractivity contribution >= 4 is 5.97 Å². The van der Waals surface area contributed by atoms with Crippen LogP contribution in [-0.4, -0.2) is 34.9 Å². The zero-order valence-corrected chi connectivity index (χ0v) is 12.1. The number of esters is 1. The van der Waals surface area contributed by atoms with E-state index in [1.54, 1.807) is 0 Å². The second kappa shape index (κ2) is 6.02.